The molecule has 0 spiro atoms. The van der Waals surface area contributed by atoms with Gasteiger partial charge >= 0.3 is 16.8 Å². The molecule has 7 heteroatoms. The number of pyridine rings is 6. The van der Waals surface area contributed by atoms with Gasteiger partial charge < -0.3 is 0 Å². The standard InChI is InChI=1S/3C10H8N2.Co/c3*1-3-7-11-9(5-1)10-6-2-4-8-12-10;/h3*1-8H;/q;;;+3. The minimum absolute atomic E-state index is 0. The van der Waals surface area contributed by atoms with Gasteiger partial charge in [0.05, 0.1) is 34.2 Å². The first-order chi connectivity index (χ1) is 17.9. The van der Waals surface area contributed by atoms with Gasteiger partial charge in [0.2, 0.25) is 0 Å². The Morgan fingerprint density at radius 2 is 0.405 bits per heavy atom. The largest absolute Gasteiger partial charge is 3.00 e. The zero-order valence-corrected chi connectivity index (χ0v) is 20.9. The molecular weight excluding hydrogens is 503 g/mol. The molecule has 0 amide bonds. The van der Waals surface area contributed by atoms with E-state index in [9.17, 15) is 0 Å². The average Bonchev–Trinajstić information content (AvgIpc) is 3.01. The van der Waals surface area contributed by atoms with Crippen molar-refractivity contribution in [2.24, 2.45) is 0 Å². The van der Waals surface area contributed by atoms with Gasteiger partial charge in [0.1, 0.15) is 0 Å². The Hall–Kier alpha value is -4.59. The topological polar surface area (TPSA) is 77.3 Å². The van der Waals surface area contributed by atoms with Crippen LogP contribution in [0.25, 0.3) is 34.2 Å². The molecule has 37 heavy (non-hydrogen) atoms. The molecule has 6 heterocycles. The molecule has 6 rings (SSSR count). The Bertz CT molecular complexity index is 1100. The Kier molecular flexibility index (Phi) is 11.2. The van der Waals surface area contributed by atoms with Crippen molar-refractivity contribution < 1.29 is 16.8 Å². The summed E-state index contributed by atoms with van der Waals surface area (Å²) < 4.78 is 0. The van der Waals surface area contributed by atoms with Crippen molar-refractivity contribution in [3.63, 3.8) is 0 Å². The fraction of sp³-hybridized carbons (Fsp3) is 0. The maximum atomic E-state index is 4.19. The molecule has 0 aliphatic carbocycles. The molecule has 0 unspecified atom stereocenters. The van der Waals surface area contributed by atoms with Crippen LogP contribution in [0.5, 0.6) is 0 Å². The van der Waals surface area contributed by atoms with Crippen LogP contribution in [0.2, 0.25) is 0 Å². The van der Waals surface area contributed by atoms with E-state index in [-0.39, 0.29) is 16.8 Å². The third-order valence-electron chi connectivity index (χ3n) is 4.78. The molecule has 0 bridgehead atoms. The molecule has 0 radical (unpaired) electrons. The second-order valence-electron chi connectivity index (χ2n) is 7.29. The monoisotopic (exact) mass is 527 g/mol. The van der Waals surface area contributed by atoms with Gasteiger partial charge in [-0.15, -0.1) is 0 Å². The summed E-state index contributed by atoms with van der Waals surface area (Å²) in [7, 11) is 0. The van der Waals surface area contributed by atoms with E-state index in [1.807, 2.05) is 109 Å². The molecule has 180 valence electrons. The van der Waals surface area contributed by atoms with E-state index in [1.54, 1.807) is 37.2 Å². The summed E-state index contributed by atoms with van der Waals surface area (Å²) >= 11 is 0. The van der Waals surface area contributed by atoms with Gasteiger partial charge in [0, 0.05) is 37.2 Å². The van der Waals surface area contributed by atoms with Crippen LogP contribution in [0.3, 0.4) is 0 Å². The van der Waals surface area contributed by atoms with E-state index in [1.165, 1.54) is 0 Å². The van der Waals surface area contributed by atoms with Gasteiger partial charge in [0.25, 0.3) is 0 Å². The molecular formula is C30H24CoN6+3. The van der Waals surface area contributed by atoms with Crippen molar-refractivity contribution in [3.05, 3.63) is 146 Å². The zero-order valence-electron chi connectivity index (χ0n) is 19.9. The Labute approximate surface area is 226 Å². The molecule has 0 saturated heterocycles. The van der Waals surface area contributed by atoms with Crippen LogP contribution in [-0.2, 0) is 16.8 Å². The number of rotatable bonds is 3. The number of aromatic nitrogens is 6. The van der Waals surface area contributed by atoms with E-state index in [4.69, 9.17) is 0 Å². The second-order valence-corrected chi connectivity index (χ2v) is 7.29. The van der Waals surface area contributed by atoms with Gasteiger partial charge in [-0.05, 0) is 72.8 Å². The summed E-state index contributed by atoms with van der Waals surface area (Å²) in [6.45, 7) is 0. The summed E-state index contributed by atoms with van der Waals surface area (Å²) in [6, 6.07) is 34.8. The third kappa shape index (κ3) is 8.85. The number of hydrogen-bond acceptors (Lipinski definition) is 6. The normalized spacial score (nSPS) is 9.41. The van der Waals surface area contributed by atoms with Crippen molar-refractivity contribution in [1.82, 2.24) is 29.9 Å². The molecule has 0 atom stereocenters. The second kappa shape index (κ2) is 15.4. The van der Waals surface area contributed by atoms with Crippen molar-refractivity contribution in [2.75, 3.05) is 0 Å². The van der Waals surface area contributed by atoms with Crippen LogP contribution in [0.15, 0.2) is 146 Å². The van der Waals surface area contributed by atoms with Crippen LogP contribution in [0.4, 0.5) is 0 Å². The Morgan fingerprint density at radius 1 is 0.243 bits per heavy atom. The van der Waals surface area contributed by atoms with E-state index >= 15 is 0 Å². The average molecular weight is 527 g/mol. The van der Waals surface area contributed by atoms with Crippen molar-refractivity contribution in [1.29, 1.82) is 0 Å². The van der Waals surface area contributed by atoms with Crippen LogP contribution in [0.1, 0.15) is 0 Å². The number of nitrogens with zero attached hydrogens (tertiary/aromatic N) is 6. The van der Waals surface area contributed by atoms with E-state index < -0.39 is 0 Å². The fourth-order valence-electron chi connectivity index (χ4n) is 3.09. The van der Waals surface area contributed by atoms with E-state index in [2.05, 4.69) is 29.9 Å². The minimum atomic E-state index is 0. The molecule has 6 nitrogen and oxygen atoms in total. The molecule has 0 aromatic carbocycles. The predicted molar refractivity (Wildman–Crippen MR) is 142 cm³/mol. The SMILES string of the molecule is [Co+3].c1ccc(-c2ccccn2)nc1.c1ccc(-c2ccccn2)nc1.c1ccc(-c2ccccn2)nc1. The molecule has 6 aromatic heterocycles. The summed E-state index contributed by atoms with van der Waals surface area (Å²) in [6.07, 6.45) is 10.6. The van der Waals surface area contributed by atoms with Gasteiger partial charge in [-0.25, -0.2) is 0 Å². The first-order valence-corrected chi connectivity index (χ1v) is 11.4. The Balaban J connectivity index is 0.000000152. The van der Waals surface area contributed by atoms with Crippen LogP contribution in [-0.4, -0.2) is 29.9 Å². The first-order valence-electron chi connectivity index (χ1n) is 11.4. The summed E-state index contributed by atoms with van der Waals surface area (Å²) in [4.78, 5) is 25.1. The third-order valence-corrected chi connectivity index (χ3v) is 4.78. The molecule has 0 aliphatic heterocycles. The molecule has 0 N–H and O–H groups in total. The summed E-state index contributed by atoms with van der Waals surface area (Å²) in [5.74, 6) is 0. The molecule has 6 aromatic rings. The van der Waals surface area contributed by atoms with E-state index in [0.717, 1.165) is 34.2 Å². The predicted octanol–water partition coefficient (Wildman–Crippen LogP) is 6.43. The minimum Gasteiger partial charge on any atom is -0.255 e. The quantitative estimate of drug-likeness (QED) is 0.264. The molecule has 0 saturated carbocycles. The van der Waals surface area contributed by atoms with Crippen LogP contribution in [0, 0.1) is 0 Å². The summed E-state index contributed by atoms with van der Waals surface area (Å²) in [5.41, 5.74) is 5.49. The van der Waals surface area contributed by atoms with Crippen LogP contribution < -0.4 is 0 Å². The zero-order chi connectivity index (χ0) is 24.7. The summed E-state index contributed by atoms with van der Waals surface area (Å²) in [5, 5.41) is 0. The molecule has 0 fully saturated rings. The van der Waals surface area contributed by atoms with Gasteiger partial charge in [-0.3, -0.25) is 29.9 Å². The van der Waals surface area contributed by atoms with Crippen molar-refractivity contribution in [3.8, 4) is 34.2 Å². The van der Waals surface area contributed by atoms with Gasteiger partial charge in [-0.2, -0.15) is 0 Å². The maximum absolute atomic E-state index is 4.19. The van der Waals surface area contributed by atoms with Gasteiger partial charge in [-0.1, -0.05) is 36.4 Å². The van der Waals surface area contributed by atoms with Crippen LogP contribution >= 0.6 is 0 Å². The first kappa shape index (κ1) is 27.0. The maximum Gasteiger partial charge on any atom is 3.00 e. The van der Waals surface area contributed by atoms with Crippen molar-refractivity contribution in [2.45, 2.75) is 0 Å². The van der Waals surface area contributed by atoms with Gasteiger partial charge in [0.15, 0.2) is 0 Å². The Morgan fingerprint density at radius 3 is 0.514 bits per heavy atom. The van der Waals surface area contributed by atoms with Crippen molar-refractivity contribution >= 4 is 0 Å². The molecule has 0 aliphatic rings. The van der Waals surface area contributed by atoms with E-state index in [0.29, 0.717) is 0 Å². The fourth-order valence-corrected chi connectivity index (χ4v) is 3.09. The smallest absolute Gasteiger partial charge is 0.255 e. The number of hydrogen-bond donors (Lipinski definition) is 0.